The number of aryl methyl sites for hydroxylation is 1. The number of benzene rings is 1. The third-order valence-corrected chi connectivity index (χ3v) is 5.13. The third-order valence-electron chi connectivity index (χ3n) is 4.22. The molecule has 2 N–H and O–H groups in total. The second-order valence-corrected chi connectivity index (χ2v) is 7.20. The van der Waals surface area contributed by atoms with E-state index < -0.39 is 12.0 Å². The molecule has 0 saturated carbocycles. The summed E-state index contributed by atoms with van der Waals surface area (Å²) in [5.74, 6) is -1.07. The molecule has 2 aromatic rings. The minimum absolute atomic E-state index is 0.263. The number of amides is 1. The molecule has 2 heterocycles. The zero-order valence-corrected chi connectivity index (χ0v) is 14.8. The highest BCUT2D eigenvalue weighted by Crippen LogP contribution is 2.21. The maximum Gasteiger partial charge on any atom is 0.320 e. The summed E-state index contributed by atoms with van der Waals surface area (Å²) in [7, 11) is 0. The quantitative estimate of drug-likeness (QED) is 0.816. The van der Waals surface area contributed by atoms with Crippen LogP contribution in [0.5, 0.6) is 0 Å². The van der Waals surface area contributed by atoms with E-state index in [1.54, 1.807) is 0 Å². The molecule has 25 heavy (non-hydrogen) atoms. The maximum atomic E-state index is 12.2. The van der Waals surface area contributed by atoms with Gasteiger partial charge in [-0.05, 0) is 31.9 Å². The van der Waals surface area contributed by atoms with Crippen molar-refractivity contribution in [2.24, 2.45) is 0 Å². The summed E-state index contributed by atoms with van der Waals surface area (Å²) < 4.78 is 0. The first-order chi connectivity index (χ1) is 12.0. The Morgan fingerprint density at radius 3 is 2.80 bits per heavy atom. The van der Waals surface area contributed by atoms with Gasteiger partial charge in [0.2, 0.25) is 5.01 Å². The SMILES string of the molecule is Cc1ccc(CNC(=O)c2nnc(CN3CCC[C@H]3C(=O)O)s2)cc1. The number of carbonyl (C=O) groups is 2. The maximum absolute atomic E-state index is 12.2. The molecule has 0 spiro atoms. The first kappa shape index (κ1) is 17.5. The minimum atomic E-state index is -0.807. The van der Waals surface area contributed by atoms with Crippen LogP contribution in [0.2, 0.25) is 0 Å². The van der Waals surface area contributed by atoms with Crippen LogP contribution >= 0.6 is 11.3 Å². The number of aromatic nitrogens is 2. The molecule has 7 nitrogen and oxygen atoms in total. The van der Waals surface area contributed by atoms with Crippen LogP contribution in [-0.4, -0.2) is 44.7 Å². The molecule has 0 unspecified atom stereocenters. The lowest BCUT2D eigenvalue weighted by molar-refractivity contribution is -0.142. The highest BCUT2D eigenvalue weighted by molar-refractivity contribution is 7.13. The molecular weight excluding hydrogens is 340 g/mol. The Morgan fingerprint density at radius 1 is 1.32 bits per heavy atom. The van der Waals surface area contributed by atoms with Gasteiger partial charge in [-0.3, -0.25) is 14.5 Å². The van der Waals surface area contributed by atoms with E-state index in [0.29, 0.717) is 29.5 Å². The van der Waals surface area contributed by atoms with E-state index >= 15 is 0 Å². The highest BCUT2D eigenvalue weighted by atomic mass is 32.1. The van der Waals surface area contributed by atoms with Gasteiger partial charge in [0.25, 0.3) is 5.91 Å². The van der Waals surface area contributed by atoms with Crippen molar-refractivity contribution in [3.05, 3.63) is 45.4 Å². The number of likely N-dealkylation sites (tertiary alicyclic amines) is 1. The molecule has 8 heteroatoms. The van der Waals surface area contributed by atoms with E-state index in [0.717, 1.165) is 18.5 Å². The molecule has 1 aromatic heterocycles. The van der Waals surface area contributed by atoms with Crippen molar-refractivity contribution >= 4 is 23.2 Å². The second-order valence-electron chi connectivity index (χ2n) is 6.14. The number of hydrogen-bond donors (Lipinski definition) is 2. The minimum Gasteiger partial charge on any atom is -0.480 e. The van der Waals surface area contributed by atoms with Gasteiger partial charge >= 0.3 is 5.97 Å². The summed E-state index contributed by atoms with van der Waals surface area (Å²) in [5.41, 5.74) is 2.19. The van der Waals surface area contributed by atoms with E-state index in [2.05, 4.69) is 15.5 Å². The number of nitrogens with one attached hydrogen (secondary N) is 1. The second kappa shape index (κ2) is 7.71. The molecule has 1 atom stereocenters. The predicted octanol–water partition coefficient (Wildman–Crippen LogP) is 1.83. The van der Waals surface area contributed by atoms with E-state index in [-0.39, 0.29) is 5.91 Å². The van der Waals surface area contributed by atoms with E-state index in [1.165, 1.54) is 16.9 Å². The first-order valence-electron chi connectivity index (χ1n) is 8.16. The average molecular weight is 360 g/mol. The van der Waals surface area contributed by atoms with Gasteiger partial charge in [-0.25, -0.2) is 0 Å². The molecule has 1 aromatic carbocycles. The summed E-state index contributed by atoms with van der Waals surface area (Å²) in [5, 5.41) is 21.0. The fourth-order valence-corrected chi connectivity index (χ4v) is 3.62. The average Bonchev–Trinajstić information content (AvgIpc) is 3.24. The lowest BCUT2D eigenvalue weighted by atomic mass is 10.1. The summed E-state index contributed by atoms with van der Waals surface area (Å²) in [6.07, 6.45) is 1.51. The van der Waals surface area contributed by atoms with Gasteiger partial charge in [0.15, 0.2) is 0 Å². The lowest BCUT2D eigenvalue weighted by Crippen LogP contribution is -2.35. The van der Waals surface area contributed by atoms with Gasteiger partial charge in [0, 0.05) is 6.54 Å². The van der Waals surface area contributed by atoms with Crippen molar-refractivity contribution < 1.29 is 14.7 Å². The van der Waals surface area contributed by atoms with Crippen molar-refractivity contribution in [3.63, 3.8) is 0 Å². The zero-order chi connectivity index (χ0) is 17.8. The molecule has 1 fully saturated rings. The van der Waals surface area contributed by atoms with E-state index in [1.807, 2.05) is 36.1 Å². The zero-order valence-electron chi connectivity index (χ0n) is 13.9. The number of carboxylic acid groups (broad SMARTS) is 1. The number of nitrogens with zero attached hydrogens (tertiary/aromatic N) is 3. The molecule has 132 valence electrons. The predicted molar refractivity (Wildman–Crippen MR) is 93.3 cm³/mol. The normalized spacial score (nSPS) is 17.6. The summed E-state index contributed by atoms with van der Waals surface area (Å²) >= 11 is 1.21. The van der Waals surface area contributed by atoms with Gasteiger partial charge in [-0.1, -0.05) is 41.2 Å². The van der Waals surface area contributed by atoms with Gasteiger partial charge in [0.05, 0.1) is 6.54 Å². The summed E-state index contributed by atoms with van der Waals surface area (Å²) in [6, 6.07) is 7.47. The van der Waals surface area contributed by atoms with Crippen LogP contribution in [0.3, 0.4) is 0 Å². The van der Waals surface area contributed by atoms with Gasteiger partial charge in [-0.2, -0.15) is 0 Å². The van der Waals surface area contributed by atoms with Gasteiger partial charge < -0.3 is 10.4 Å². The topological polar surface area (TPSA) is 95.4 Å². The Kier molecular flexibility index (Phi) is 5.40. The third kappa shape index (κ3) is 4.40. The number of rotatable bonds is 6. The lowest BCUT2D eigenvalue weighted by Gasteiger charge is -2.18. The van der Waals surface area contributed by atoms with E-state index in [4.69, 9.17) is 0 Å². The number of hydrogen-bond acceptors (Lipinski definition) is 6. The van der Waals surface area contributed by atoms with Crippen LogP contribution in [0.15, 0.2) is 24.3 Å². The van der Waals surface area contributed by atoms with E-state index in [9.17, 15) is 14.7 Å². The van der Waals surface area contributed by atoms with Crippen molar-refractivity contribution in [1.29, 1.82) is 0 Å². The number of carboxylic acids is 1. The van der Waals surface area contributed by atoms with Crippen molar-refractivity contribution in [2.45, 2.75) is 38.9 Å². The molecule has 0 bridgehead atoms. The van der Waals surface area contributed by atoms with Crippen LogP contribution in [0.4, 0.5) is 0 Å². The fraction of sp³-hybridized carbons (Fsp3) is 0.412. The van der Waals surface area contributed by atoms with Crippen LogP contribution in [0.1, 0.15) is 38.8 Å². The van der Waals surface area contributed by atoms with Crippen LogP contribution < -0.4 is 5.32 Å². The van der Waals surface area contributed by atoms with Gasteiger partial charge in [0.1, 0.15) is 11.0 Å². The Morgan fingerprint density at radius 2 is 2.08 bits per heavy atom. The van der Waals surface area contributed by atoms with Crippen molar-refractivity contribution in [1.82, 2.24) is 20.4 Å². The molecule has 1 aliphatic heterocycles. The molecule has 0 aliphatic carbocycles. The van der Waals surface area contributed by atoms with Crippen molar-refractivity contribution in [2.75, 3.05) is 6.54 Å². The smallest absolute Gasteiger partial charge is 0.320 e. The highest BCUT2D eigenvalue weighted by Gasteiger charge is 2.31. The summed E-state index contributed by atoms with van der Waals surface area (Å²) in [4.78, 5) is 25.3. The molecule has 1 amide bonds. The number of carbonyl (C=O) groups excluding carboxylic acids is 1. The van der Waals surface area contributed by atoms with Crippen molar-refractivity contribution in [3.8, 4) is 0 Å². The van der Waals surface area contributed by atoms with Crippen LogP contribution in [0.25, 0.3) is 0 Å². The molecular formula is C17H20N4O3S. The number of aliphatic carboxylic acids is 1. The standard InChI is InChI=1S/C17H20N4O3S/c1-11-4-6-12(7-5-11)9-18-15(22)16-20-19-14(25-16)10-21-8-2-3-13(21)17(23)24/h4-7,13H,2-3,8-10H2,1H3,(H,18,22)(H,23,24)/t13-/m0/s1. The molecule has 1 saturated heterocycles. The first-order valence-corrected chi connectivity index (χ1v) is 8.97. The molecule has 1 aliphatic rings. The molecule has 0 radical (unpaired) electrons. The Hall–Kier alpha value is -2.32. The summed E-state index contributed by atoms with van der Waals surface area (Å²) in [6.45, 7) is 3.59. The Balaban J connectivity index is 1.56. The molecule has 3 rings (SSSR count). The van der Waals surface area contributed by atoms with Crippen LogP contribution in [-0.2, 0) is 17.9 Å². The fourth-order valence-electron chi connectivity index (χ4n) is 2.84. The Bertz CT molecular complexity index is 760. The van der Waals surface area contributed by atoms with Gasteiger partial charge in [-0.15, -0.1) is 10.2 Å². The van der Waals surface area contributed by atoms with Crippen LogP contribution in [0, 0.1) is 6.92 Å². The monoisotopic (exact) mass is 360 g/mol. The largest absolute Gasteiger partial charge is 0.480 e. The Labute approximate surface area is 149 Å².